The van der Waals surface area contributed by atoms with Crippen molar-refractivity contribution in [2.75, 3.05) is 44.7 Å². The predicted molar refractivity (Wildman–Crippen MR) is 73.1 cm³/mol. The average molecular weight is 259 g/mol. The Kier molecular flexibility index (Phi) is 3.81. The van der Waals surface area contributed by atoms with E-state index in [1.54, 1.807) is 12.5 Å². The third-order valence-corrected chi connectivity index (χ3v) is 3.23. The second kappa shape index (κ2) is 5.90. The maximum absolute atomic E-state index is 5.33. The van der Waals surface area contributed by atoms with Crippen LogP contribution in [0.2, 0.25) is 0 Å². The van der Waals surface area contributed by atoms with Crippen LogP contribution in [0, 0.1) is 0 Å². The number of hydrogen-bond donors (Lipinski definition) is 1. The Morgan fingerprint density at radius 3 is 3.00 bits per heavy atom. The fourth-order valence-corrected chi connectivity index (χ4v) is 2.19. The van der Waals surface area contributed by atoms with Gasteiger partial charge in [0, 0.05) is 32.4 Å². The van der Waals surface area contributed by atoms with Gasteiger partial charge >= 0.3 is 0 Å². The lowest BCUT2D eigenvalue weighted by molar-refractivity contribution is 0.0398. The van der Waals surface area contributed by atoms with Crippen LogP contribution >= 0.6 is 0 Å². The Morgan fingerprint density at radius 1 is 1.21 bits per heavy atom. The number of ether oxygens (including phenoxy) is 1. The van der Waals surface area contributed by atoms with Gasteiger partial charge in [0.05, 0.1) is 18.6 Å². The van der Waals surface area contributed by atoms with Gasteiger partial charge in [-0.05, 0) is 12.1 Å². The first-order valence-corrected chi connectivity index (χ1v) is 6.53. The second-order valence-electron chi connectivity index (χ2n) is 4.48. The molecule has 1 N–H and O–H groups in total. The summed E-state index contributed by atoms with van der Waals surface area (Å²) in [5.74, 6) is 0.853. The summed E-state index contributed by atoms with van der Waals surface area (Å²) in [6.07, 6.45) is 3.29. The number of hydrogen-bond acceptors (Lipinski definition) is 6. The van der Waals surface area contributed by atoms with E-state index in [4.69, 9.17) is 4.74 Å². The Hall–Kier alpha value is -1.79. The molecule has 1 saturated heterocycles. The Morgan fingerprint density at radius 2 is 2.11 bits per heavy atom. The molecule has 0 amide bonds. The lowest BCUT2D eigenvalue weighted by atomic mass is 10.3. The summed E-state index contributed by atoms with van der Waals surface area (Å²) in [4.78, 5) is 15.0. The number of nitrogens with zero attached hydrogens (tertiary/aromatic N) is 4. The van der Waals surface area contributed by atoms with Crippen LogP contribution in [0.1, 0.15) is 0 Å². The van der Waals surface area contributed by atoms with Gasteiger partial charge < -0.3 is 10.1 Å². The number of nitrogens with one attached hydrogen (secondary N) is 1. The number of morpholine rings is 1. The van der Waals surface area contributed by atoms with Gasteiger partial charge in [0.2, 0.25) is 0 Å². The molecule has 19 heavy (non-hydrogen) atoms. The molecule has 1 aliphatic rings. The van der Waals surface area contributed by atoms with Crippen LogP contribution in [0.5, 0.6) is 0 Å². The Balaban J connectivity index is 1.62. The fraction of sp³-hybridized carbons (Fsp3) is 0.462. The van der Waals surface area contributed by atoms with Crippen LogP contribution < -0.4 is 5.32 Å². The molecule has 100 valence electrons. The fourth-order valence-electron chi connectivity index (χ4n) is 2.19. The van der Waals surface area contributed by atoms with Crippen LogP contribution in [-0.4, -0.2) is 59.2 Å². The Bertz CT molecular complexity index is 536. The molecule has 3 heterocycles. The monoisotopic (exact) mass is 259 g/mol. The van der Waals surface area contributed by atoms with E-state index in [1.807, 2.05) is 12.1 Å². The highest BCUT2D eigenvalue weighted by molar-refractivity contribution is 5.85. The van der Waals surface area contributed by atoms with Crippen molar-refractivity contribution in [3.05, 3.63) is 24.7 Å². The molecule has 1 fully saturated rings. The highest BCUT2D eigenvalue weighted by Gasteiger charge is 2.10. The zero-order valence-electron chi connectivity index (χ0n) is 10.7. The van der Waals surface area contributed by atoms with Crippen molar-refractivity contribution in [3.63, 3.8) is 0 Å². The summed E-state index contributed by atoms with van der Waals surface area (Å²) in [6, 6.07) is 3.89. The van der Waals surface area contributed by atoms with Crippen LogP contribution in [0.15, 0.2) is 24.7 Å². The van der Waals surface area contributed by atoms with Crippen LogP contribution in [0.3, 0.4) is 0 Å². The van der Waals surface area contributed by atoms with Gasteiger partial charge in [0.25, 0.3) is 0 Å². The van der Waals surface area contributed by atoms with Gasteiger partial charge in [-0.3, -0.25) is 4.90 Å². The van der Waals surface area contributed by atoms with Gasteiger partial charge in [-0.1, -0.05) is 0 Å². The van der Waals surface area contributed by atoms with Gasteiger partial charge in [0.1, 0.15) is 12.1 Å². The number of rotatable bonds is 4. The third-order valence-electron chi connectivity index (χ3n) is 3.23. The number of aromatic nitrogens is 3. The van der Waals surface area contributed by atoms with Crippen molar-refractivity contribution >= 4 is 16.9 Å². The molecular weight excluding hydrogens is 242 g/mol. The minimum absolute atomic E-state index is 0.728. The first-order valence-electron chi connectivity index (χ1n) is 6.53. The van der Waals surface area contributed by atoms with Crippen molar-refractivity contribution in [3.8, 4) is 0 Å². The zero-order chi connectivity index (χ0) is 12.9. The molecule has 0 atom stereocenters. The molecule has 1 aliphatic heterocycles. The van der Waals surface area contributed by atoms with E-state index in [0.717, 1.165) is 56.2 Å². The van der Waals surface area contributed by atoms with Gasteiger partial charge in [-0.25, -0.2) is 15.0 Å². The first kappa shape index (κ1) is 12.3. The maximum Gasteiger partial charge on any atom is 0.164 e. The minimum atomic E-state index is 0.728. The minimum Gasteiger partial charge on any atom is -0.379 e. The highest BCUT2D eigenvalue weighted by Crippen LogP contribution is 2.15. The summed E-state index contributed by atoms with van der Waals surface area (Å²) in [7, 11) is 0. The van der Waals surface area contributed by atoms with Gasteiger partial charge in [-0.15, -0.1) is 0 Å². The number of anilines is 1. The molecule has 2 aromatic heterocycles. The topological polar surface area (TPSA) is 63.2 Å². The van der Waals surface area contributed by atoms with E-state index in [9.17, 15) is 0 Å². The van der Waals surface area contributed by atoms with E-state index < -0.39 is 0 Å². The molecule has 0 spiro atoms. The quantitative estimate of drug-likeness (QED) is 0.875. The molecule has 0 radical (unpaired) electrons. The van der Waals surface area contributed by atoms with Crippen molar-refractivity contribution in [1.29, 1.82) is 0 Å². The summed E-state index contributed by atoms with van der Waals surface area (Å²) < 4.78 is 5.33. The lowest BCUT2D eigenvalue weighted by Crippen LogP contribution is -2.39. The summed E-state index contributed by atoms with van der Waals surface area (Å²) in [5.41, 5.74) is 0.728. The second-order valence-corrected chi connectivity index (χ2v) is 4.48. The van der Waals surface area contributed by atoms with Crippen molar-refractivity contribution in [2.24, 2.45) is 0 Å². The average Bonchev–Trinajstić information content (AvgIpc) is 2.49. The van der Waals surface area contributed by atoms with E-state index >= 15 is 0 Å². The number of pyridine rings is 1. The maximum atomic E-state index is 5.33. The van der Waals surface area contributed by atoms with Gasteiger partial charge in [0.15, 0.2) is 5.65 Å². The molecule has 2 aromatic rings. The molecule has 0 bridgehead atoms. The summed E-state index contributed by atoms with van der Waals surface area (Å²) >= 11 is 0. The predicted octanol–water partition coefficient (Wildman–Crippen LogP) is 0.769. The van der Waals surface area contributed by atoms with E-state index in [0.29, 0.717) is 0 Å². The van der Waals surface area contributed by atoms with Crippen molar-refractivity contribution in [1.82, 2.24) is 19.9 Å². The molecule has 6 nitrogen and oxygen atoms in total. The van der Waals surface area contributed by atoms with Crippen LogP contribution in [-0.2, 0) is 4.74 Å². The standard InChI is InChI=1S/C13H17N5O/c1-2-11-12(14-3-1)16-10-17-13(11)15-4-5-18-6-8-19-9-7-18/h1-3,10H,4-9H2,(H,14,15,16,17). The van der Waals surface area contributed by atoms with E-state index in [-0.39, 0.29) is 0 Å². The first-order chi connectivity index (χ1) is 9.43. The van der Waals surface area contributed by atoms with Gasteiger partial charge in [-0.2, -0.15) is 0 Å². The molecular formula is C13H17N5O. The smallest absolute Gasteiger partial charge is 0.164 e. The largest absolute Gasteiger partial charge is 0.379 e. The SMILES string of the molecule is c1cnc2ncnc(NCCN3CCOCC3)c2c1. The molecule has 0 saturated carbocycles. The summed E-state index contributed by atoms with van der Waals surface area (Å²) in [6.45, 7) is 5.54. The van der Waals surface area contributed by atoms with Crippen molar-refractivity contribution < 1.29 is 4.74 Å². The lowest BCUT2D eigenvalue weighted by Gasteiger charge is -2.26. The molecule has 0 unspecified atom stereocenters. The molecule has 6 heteroatoms. The molecule has 0 aromatic carbocycles. The summed E-state index contributed by atoms with van der Waals surface area (Å²) in [5, 5.41) is 4.33. The van der Waals surface area contributed by atoms with E-state index in [2.05, 4.69) is 25.2 Å². The Labute approximate surface area is 111 Å². The molecule has 0 aliphatic carbocycles. The van der Waals surface area contributed by atoms with Crippen LogP contribution in [0.25, 0.3) is 11.0 Å². The highest BCUT2D eigenvalue weighted by atomic mass is 16.5. The normalized spacial score (nSPS) is 16.6. The van der Waals surface area contributed by atoms with Crippen LogP contribution in [0.4, 0.5) is 5.82 Å². The zero-order valence-corrected chi connectivity index (χ0v) is 10.7. The van der Waals surface area contributed by atoms with Crippen molar-refractivity contribution in [2.45, 2.75) is 0 Å². The third kappa shape index (κ3) is 2.97. The molecule has 3 rings (SSSR count). The van der Waals surface area contributed by atoms with E-state index in [1.165, 1.54) is 0 Å². The number of fused-ring (bicyclic) bond motifs is 1.